The van der Waals surface area contributed by atoms with Crippen LogP contribution >= 0.6 is 0 Å². The number of methoxy groups -OCH3 is 2. The Morgan fingerprint density at radius 2 is 1.35 bits per heavy atom. The Kier molecular flexibility index (Phi) is 6.35. The normalized spacial score (nSPS) is 22.6. The molecule has 0 aliphatic heterocycles. The number of aliphatic hydroxyl groups is 1. The zero-order valence-electron chi connectivity index (χ0n) is 22.2. The smallest absolute Gasteiger partial charge is 0.200 e. The molecule has 0 bridgehead atoms. The molecule has 4 aromatic rings. The number of rotatable bonds is 7. The fourth-order valence-corrected chi connectivity index (χ4v) is 6.49. The number of fused-ring (bicyclic) bond motifs is 5. The molecule has 0 fully saturated rings. The van der Waals surface area contributed by atoms with Gasteiger partial charge in [0.15, 0.2) is 23.0 Å². The highest BCUT2D eigenvalue weighted by Gasteiger charge is 2.63. The third kappa shape index (κ3) is 3.87. The van der Waals surface area contributed by atoms with E-state index in [4.69, 9.17) is 9.47 Å². The van der Waals surface area contributed by atoms with Crippen molar-refractivity contribution < 1.29 is 29.0 Å². The average Bonchev–Trinajstić information content (AvgIpc) is 3.23. The van der Waals surface area contributed by atoms with Crippen molar-refractivity contribution in [2.45, 2.75) is 23.9 Å². The van der Waals surface area contributed by atoms with Crippen LogP contribution in [0, 0.1) is 5.92 Å². The second kappa shape index (κ2) is 9.88. The minimum atomic E-state index is -2.03. The van der Waals surface area contributed by atoms with Gasteiger partial charge < -0.3 is 14.6 Å². The predicted octanol–water partition coefficient (Wildman–Crippen LogP) is 5.74. The highest BCUT2D eigenvalue weighted by molar-refractivity contribution is 6.11. The molecule has 2 aliphatic carbocycles. The van der Waals surface area contributed by atoms with E-state index in [1.807, 2.05) is 12.1 Å². The monoisotopic (exact) mass is 532 g/mol. The molecule has 0 heterocycles. The van der Waals surface area contributed by atoms with Crippen molar-refractivity contribution in [3.8, 4) is 11.5 Å². The lowest BCUT2D eigenvalue weighted by Crippen LogP contribution is -2.48. The third-order valence-electron chi connectivity index (χ3n) is 8.36. The van der Waals surface area contributed by atoms with Crippen molar-refractivity contribution in [1.29, 1.82) is 0 Å². The van der Waals surface area contributed by atoms with Crippen LogP contribution in [0.4, 0.5) is 0 Å². The van der Waals surface area contributed by atoms with Gasteiger partial charge in [0.05, 0.1) is 14.2 Å². The SMILES string of the molecule is COc1ccc2c(c1)C(=O)[C@]1(O)c3cc(OC)ccc3[C@H](CC(=O)c3ccccc3)[C@@H](C(=O)c3ccccc3)[C@H]21. The number of hydrogen-bond acceptors (Lipinski definition) is 6. The van der Waals surface area contributed by atoms with Gasteiger partial charge in [0.25, 0.3) is 0 Å². The number of ketones is 3. The summed E-state index contributed by atoms with van der Waals surface area (Å²) in [6, 6.07) is 28.1. The number of Topliss-reactive ketones (excluding diaryl/α,β-unsaturated/α-hetero) is 3. The van der Waals surface area contributed by atoms with Gasteiger partial charge in [-0.1, -0.05) is 72.8 Å². The molecule has 0 unspecified atom stereocenters. The van der Waals surface area contributed by atoms with E-state index in [0.717, 1.165) is 0 Å². The van der Waals surface area contributed by atoms with E-state index in [0.29, 0.717) is 44.9 Å². The van der Waals surface area contributed by atoms with Crippen LogP contribution in [0.15, 0.2) is 97.1 Å². The number of benzene rings is 4. The summed E-state index contributed by atoms with van der Waals surface area (Å²) in [6.45, 7) is 0. The molecule has 0 amide bonds. The predicted molar refractivity (Wildman–Crippen MR) is 149 cm³/mol. The van der Waals surface area contributed by atoms with Crippen molar-refractivity contribution in [2.75, 3.05) is 14.2 Å². The molecule has 0 saturated carbocycles. The second-order valence-corrected chi connectivity index (χ2v) is 10.3. The number of carbonyl (C=O) groups excluding carboxylic acids is 3. The molecule has 40 heavy (non-hydrogen) atoms. The van der Waals surface area contributed by atoms with E-state index in [-0.39, 0.29) is 18.0 Å². The molecule has 1 N–H and O–H groups in total. The summed E-state index contributed by atoms with van der Waals surface area (Å²) < 4.78 is 10.9. The molecule has 0 spiro atoms. The zero-order chi connectivity index (χ0) is 28.0. The molecule has 4 atom stereocenters. The topological polar surface area (TPSA) is 89.9 Å². The Hall–Kier alpha value is -4.55. The quantitative estimate of drug-likeness (QED) is 0.305. The van der Waals surface area contributed by atoms with Crippen LogP contribution in [0.25, 0.3) is 0 Å². The largest absolute Gasteiger partial charge is 0.497 e. The molecule has 6 heteroatoms. The minimum Gasteiger partial charge on any atom is -0.497 e. The maximum Gasteiger partial charge on any atom is 0.200 e. The van der Waals surface area contributed by atoms with Gasteiger partial charge in [-0.25, -0.2) is 0 Å². The number of ether oxygens (including phenoxy) is 2. The van der Waals surface area contributed by atoms with E-state index < -0.39 is 29.1 Å². The van der Waals surface area contributed by atoms with Crippen LogP contribution in [-0.2, 0) is 5.60 Å². The Labute approximate surface area is 232 Å². The lowest BCUT2D eigenvalue weighted by Gasteiger charge is -2.45. The summed E-state index contributed by atoms with van der Waals surface area (Å²) in [5.74, 6) is -2.32. The van der Waals surface area contributed by atoms with Gasteiger partial charge in [-0.3, -0.25) is 14.4 Å². The first-order chi connectivity index (χ1) is 19.4. The first kappa shape index (κ1) is 25.7. The van der Waals surface area contributed by atoms with Crippen molar-refractivity contribution in [3.05, 3.63) is 130 Å². The molecule has 2 aliphatic rings. The Balaban J connectivity index is 1.61. The number of hydrogen-bond donors (Lipinski definition) is 1. The standard InChI is InChI=1S/C34H28O6/c1-39-22-14-16-25-27(17-22)33(37)34(38)28-18-23(40-2)13-15-24(28)26(19-29(35)20-9-5-3-6-10-20)30(31(25)34)32(36)21-11-7-4-8-12-21/h3-18,26,30-31,38H,19H2,1-2H3/t26-,30+,31-,34-/m0/s1. The van der Waals surface area contributed by atoms with Crippen LogP contribution in [0.3, 0.4) is 0 Å². The van der Waals surface area contributed by atoms with Gasteiger partial charge in [0.2, 0.25) is 0 Å². The first-order valence-corrected chi connectivity index (χ1v) is 13.2. The maximum absolute atomic E-state index is 14.4. The fourth-order valence-electron chi connectivity index (χ4n) is 6.49. The summed E-state index contributed by atoms with van der Waals surface area (Å²) in [4.78, 5) is 42.1. The minimum absolute atomic E-state index is 0.0266. The van der Waals surface area contributed by atoms with Gasteiger partial charge >= 0.3 is 0 Å². The maximum atomic E-state index is 14.4. The second-order valence-electron chi connectivity index (χ2n) is 10.3. The summed E-state index contributed by atoms with van der Waals surface area (Å²) in [7, 11) is 3.02. The molecule has 0 radical (unpaired) electrons. The van der Waals surface area contributed by atoms with E-state index in [9.17, 15) is 19.5 Å². The molecule has 6 nitrogen and oxygen atoms in total. The van der Waals surface area contributed by atoms with E-state index in [1.165, 1.54) is 14.2 Å². The van der Waals surface area contributed by atoms with Crippen LogP contribution < -0.4 is 9.47 Å². The van der Waals surface area contributed by atoms with E-state index in [2.05, 4.69) is 0 Å². The average molecular weight is 533 g/mol. The first-order valence-electron chi connectivity index (χ1n) is 13.2. The van der Waals surface area contributed by atoms with Gasteiger partial charge in [-0.05, 0) is 41.0 Å². The van der Waals surface area contributed by atoms with Gasteiger partial charge in [-0.2, -0.15) is 0 Å². The molecule has 0 saturated heterocycles. The van der Waals surface area contributed by atoms with Crippen LogP contribution in [0.5, 0.6) is 11.5 Å². The Morgan fingerprint density at radius 1 is 0.775 bits per heavy atom. The molecule has 6 rings (SSSR count). The molecule has 4 aromatic carbocycles. The lowest BCUT2D eigenvalue weighted by atomic mass is 9.58. The molecular weight excluding hydrogens is 504 g/mol. The van der Waals surface area contributed by atoms with E-state index >= 15 is 0 Å². The fraction of sp³-hybridized carbons (Fsp3) is 0.206. The number of carbonyl (C=O) groups is 3. The Morgan fingerprint density at radius 3 is 1.98 bits per heavy atom. The van der Waals surface area contributed by atoms with Crippen LogP contribution in [0.1, 0.15) is 66.0 Å². The van der Waals surface area contributed by atoms with Crippen LogP contribution in [-0.4, -0.2) is 36.7 Å². The van der Waals surface area contributed by atoms with Crippen molar-refractivity contribution in [1.82, 2.24) is 0 Å². The highest BCUT2D eigenvalue weighted by atomic mass is 16.5. The lowest BCUT2D eigenvalue weighted by molar-refractivity contribution is -0.00171. The molecule has 0 aromatic heterocycles. The molecular formula is C34H28O6. The van der Waals surface area contributed by atoms with Crippen LogP contribution in [0.2, 0.25) is 0 Å². The van der Waals surface area contributed by atoms with Crippen molar-refractivity contribution in [3.63, 3.8) is 0 Å². The summed E-state index contributed by atoms with van der Waals surface area (Å²) in [6.07, 6.45) is 0.0266. The third-order valence-corrected chi connectivity index (χ3v) is 8.36. The van der Waals surface area contributed by atoms with Gasteiger partial charge in [-0.15, -0.1) is 0 Å². The summed E-state index contributed by atoms with van der Waals surface area (Å²) in [5.41, 5.74) is 0.788. The van der Waals surface area contributed by atoms with Gasteiger partial charge in [0, 0.05) is 40.9 Å². The highest BCUT2D eigenvalue weighted by Crippen LogP contribution is 2.61. The summed E-state index contributed by atoms with van der Waals surface area (Å²) >= 11 is 0. The summed E-state index contributed by atoms with van der Waals surface area (Å²) in [5, 5.41) is 12.5. The Bertz CT molecular complexity index is 1630. The van der Waals surface area contributed by atoms with Crippen molar-refractivity contribution >= 4 is 17.3 Å². The zero-order valence-corrected chi connectivity index (χ0v) is 22.2. The van der Waals surface area contributed by atoms with Gasteiger partial charge in [0.1, 0.15) is 11.5 Å². The van der Waals surface area contributed by atoms with Crippen molar-refractivity contribution in [2.24, 2.45) is 5.92 Å². The molecule has 200 valence electrons. The van der Waals surface area contributed by atoms with E-state index in [1.54, 1.807) is 84.9 Å².